The number of anilines is 3. The lowest BCUT2D eigenvalue weighted by molar-refractivity contribution is 1.30. The van der Waals surface area contributed by atoms with Gasteiger partial charge in [0.05, 0.1) is 5.69 Å². The van der Waals surface area contributed by atoms with E-state index in [-0.39, 0.29) is 0 Å². The van der Waals surface area contributed by atoms with Crippen molar-refractivity contribution in [1.82, 2.24) is 0 Å². The first-order valence-electron chi connectivity index (χ1n) is 14.8. The molecule has 0 aromatic heterocycles. The third-order valence-corrected chi connectivity index (χ3v) is 8.43. The number of rotatable bonds is 5. The molecule has 0 aliphatic rings. The summed E-state index contributed by atoms with van der Waals surface area (Å²) in [5, 5.41) is 7.56. The van der Waals surface area contributed by atoms with Crippen LogP contribution in [-0.4, -0.2) is 0 Å². The normalized spacial score (nSPS) is 11.3. The van der Waals surface area contributed by atoms with Crippen molar-refractivity contribution in [1.29, 1.82) is 0 Å². The molecule has 0 aliphatic heterocycles. The predicted molar refractivity (Wildman–Crippen MR) is 185 cm³/mol. The smallest absolute Gasteiger partial charge is 0.0546 e. The van der Waals surface area contributed by atoms with E-state index in [1.807, 2.05) is 0 Å². The summed E-state index contributed by atoms with van der Waals surface area (Å²) < 4.78 is 0. The third-order valence-electron chi connectivity index (χ3n) is 8.43. The van der Waals surface area contributed by atoms with Gasteiger partial charge in [0.25, 0.3) is 0 Å². The minimum atomic E-state index is 1.12. The fraction of sp³-hybridized carbons (Fsp3) is 0. The molecule has 8 aromatic carbocycles. The van der Waals surface area contributed by atoms with Crippen molar-refractivity contribution < 1.29 is 0 Å². The molecular weight excluding hydrogens is 518 g/mol. The van der Waals surface area contributed by atoms with Crippen LogP contribution in [0.2, 0.25) is 0 Å². The van der Waals surface area contributed by atoms with Crippen molar-refractivity contribution >= 4 is 49.4 Å². The fourth-order valence-electron chi connectivity index (χ4n) is 6.34. The van der Waals surface area contributed by atoms with E-state index in [9.17, 15) is 0 Å². The highest BCUT2D eigenvalue weighted by Crippen LogP contribution is 2.44. The summed E-state index contributed by atoms with van der Waals surface area (Å²) in [6.07, 6.45) is 0. The van der Waals surface area contributed by atoms with E-state index in [0.29, 0.717) is 0 Å². The van der Waals surface area contributed by atoms with Crippen LogP contribution < -0.4 is 4.90 Å². The zero-order valence-electron chi connectivity index (χ0n) is 23.7. The van der Waals surface area contributed by atoms with Crippen molar-refractivity contribution in [2.24, 2.45) is 0 Å². The highest BCUT2D eigenvalue weighted by Gasteiger charge is 2.18. The lowest BCUT2D eigenvalue weighted by Gasteiger charge is -2.28. The van der Waals surface area contributed by atoms with Crippen LogP contribution in [0, 0.1) is 0 Å². The zero-order valence-corrected chi connectivity index (χ0v) is 23.7. The standard InChI is InChI=1S/C42H29N/c1-3-10-30(11-4-1)32-22-26-37(27-23-32)43(38-28-24-33(25-29-38)31-12-5-2-6-13-31)40-17-9-15-35-20-21-36-19-18-34-14-7-8-16-39(34)41(36)42(35)40/h1-29H. The molecule has 8 aromatic rings. The summed E-state index contributed by atoms with van der Waals surface area (Å²) in [5.74, 6) is 0. The molecule has 0 aliphatic carbocycles. The molecule has 0 unspecified atom stereocenters. The molecule has 0 saturated carbocycles. The molecule has 8 rings (SSSR count). The molecule has 202 valence electrons. The van der Waals surface area contributed by atoms with E-state index < -0.39 is 0 Å². The van der Waals surface area contributed by atoms with Gasteiger partial charge in [-0.25, -0.2) is 0 Å². The Labute approximate surface area is 251 Å². The van der Waals surface area contributed by atoms with E-state index in [2.05, 4.69) is 181 Å². The van der Waals surface area contributed by atoms with Gasteiger partial charge in [-0.15, -0.1) is 0 Å². The van der Waals surface area contributed by atoms with Crippen LogP contribution in [-0.2, 0) is 0 Å². The largest absolute Gasteiger partial charge is 0.310 e. The molecule has 0 amide bonds. The first-order chi connectivity index (χ1) is 21.3. The first-order valence-corrected chi connectivity index (χ1v) is 14.8. The molecule has 0 fully saturated rings. The highest BCUT2D eigenvalue weighted by molar-refractivity contribution is 6.24. The van der Waals surface area contributed by atoms with Gasteiger partial charge in [0.15, 0.2) is 0 Å². The maximum Gasteiger partial charge on any atom is 0.0546 e. The predicted octanol–water partition coefficient (Wildman–Crippen LogP) is 11.9. The SMILES string of the molecule is c1ccc(-c2ccc(N(c3ccc(-c4ccccc4)cc3)c3cccc4ccc5ccc6ccccc6c5c34)cc2)cc1. The Bertz CT molecular complexity index is 2110. The average molecular weight is 548 g/mol. The van der Waals surface area contributed by atoms with Gasteiger partial charge < -0.3 is 4.90 Å². The Morgan fingerprint density at radius 3 is 1.30 bits per heavy atom. The van der Waals surface area contributed by atoms with E-state index >= 15 is 0 Å². The Morgan fingerprint density at radius 2 is 0.721 bits per heavy atom. The molecular formula is C42H29N. The van der Waals surface area contributed by atoms with Gasteiger partial charge in [-0.1, -0.05) is 146 Å². The maximum absolute atomic E-state index is 2.41. The molecule has 0 atom stereocenters. The summed E-state index contributed by atoms with van der Waals surface area (Å²) in [7, 11) is 0. The second kappa shape index (κ2) is 10.6. The van der Waals surface area contributed by atoms with Crippen LogP contribution in [0.3, 0.4) is 0 Å². The van der Waals surface area contributed by atoms with Crippen molar-refractivity contribution in [3.8, 4) is 22.3 Å². The lowest BCUT2D eigenvalue weighted by atomic mass is 9.94. The molecule has 0 spiro atoms. The summed E-state index contributed by atoms with van der Waals surface area (Å²) >= 11 is 0. The van der Waals surface area contributed by atoms with Gasteiger partial charge in [-0.05, 0) is 79.5 Å². The molecule has 43 heavy (non-hydrogen) atoms. The van der Waals surface area contributed by atoms with Crippen LogP contribution in [0.15, 0.2) is 176 Å². The summed E-state index contributed by atoms with van der Waals surface area (Å²) in [4.78, 5) is 2.41. The van der Waals surface area contributed by atoms with Gasteiger partial charge >= 0.3 is 0 Å². The van der Waals surface area contributed by atoms with E-state index in [4.69, 9.17) is 0 Å². The van der Waals surface area contributed by atoms with E-state index in [1.54, 1.807) is 0 Å². The second-order valence-electron chi connectivity index (χ2n) is 11.0. The lowest BCUT2D eigenvalue weighted by Crippen LogP contribution is -2.10. The number of hydrogen-bond acceptors (Lipinski definition) is 1. The van der Waals surface area contributed by atoms with Gasteiger partial charge in [-0.3, -0.25) is 0 Å². The number of nitrogens with zero attached hydrogens (tertiary/aromatic N) is 1. The van der Waals surface area contributed by atoms with Gasteiger partial charge in [0.1, 0.15) is 0 Å². The number of fused-ring (bicyclic) bond motifs is 5. The number of hydrogen-bond donors (Lipinski definition) is 0. The van der Waals surface area contributed by atoms with Crippen LogP contribution in [0.4, 0.5) is 17.1 Å². The minimum Gasteiger partial charge on any atom is -0.310 e. The van der Waals surface area contributed by atoms with Crippen molar-refractivity contribution in [2.75, 3.05) is 4.90 Å². The summed E-state index contributed by atoms with van der Waals surface area (Å²) in [6.45, 7) is 0. The number of benzene rings is 8. The average Bonchev–Trinajstić information content (AvgIpc) is 3.09. The topological polar surface area (TPSA) is 3.24 Å². The molecule has 1 nitrogen and oxygen atoms in total. The van der Waals surface area contributed by atoms with Gasteiger partial charge in [0.2, 0.25) is 0 Å². The monoisotopic (exact) mass is 547 g/mol. The maximum atomic E-state index is 2.41. The molecule has 0 heterocycles. The van der Waals surface area contributed by atoms with Crippen LogP contribution in [0.25, 0.3) is 54.6 Å². The second-order valence-corrected chi connectivity index (χ2v) is 11.0. The Morgan fingerprint density at radius 1 is 0.279 bits per heavy atom. The van der Waals surface area contributed by atoms with Gasteiger partial charge in [0, 0.05) is 16.8 Å². The van der Waals surface area contributed by atoms with E-state index in [0.717, 1.165) is 11.4 Å². The highest BCUT2D eigenvalue weighted by atomic mass is 15.1. The van der Waals surface area contributed by atoms with E-state index in [1.165, 1.54) is 60.3 Å². The van der Waals surface area contributed by atoms with Crippen LogP contribution in [0.1, 0.15) is 0 Å². The van der Waals surface area contributed by atoms with Gasteiger partial charge in [-0.2, -0.15) is 0 Å². The van der Waals surface area contributed by atoms with Crippen molar-refractivity contribution in [3.05, 3.63) is 176 Å². The van der Waals surface area contributed by atoms with Crippen LogP contribution in [0.5, 0.6) is 0 Å². The fourth-order valence-corrected chi connectivity index (χ4v) is 6.34. The molecule has 0 N–H and O–H groups in total. The molecule has 1 heteroatoms. The zero-order chi connectivity index (χ0) is 28.6. The summed E-state index contributed by atoms with van der Waals surface area (Å²) in [5.41, 5.74) is 8.26. The van der Waals surface area contributed by atoms with Crippen molar-refractivity contribution in [3.63, 3.8) is 0 Å². The molecule has 0 saturated heterocycles. The Hall–Kier alpha value is -5.66. The Balaban J connectivity index is 1.37. The van der Waals surface area contributed by atoms with Crippen LogP contribution >= 0.6 is 0 Å². The third kappa shape index (κ3) is 4.52. The van der Waals surface area contributed by atoms with Crippen molar-refractivity contribution in [2.45, 2.75) is 0 Å². The Kier molecular flexibility index (Phi) is 6.20. The first kappa shape index (κ1) is 25.1. The summed E-state index contributed by atoms with van der Waals surface area (Å²) in [6, 6.07) is 63.4. The molecule has 0 radical (unpaired) electrons. The minimum absolute atomic E-state index is 1.12. The quantitative estimate of drug-likeness (QED) is 0.194. The molecule has 0 bridgehead atoms.